The molecule has 3 rings (SSSR count). The molecule has 0 aliphatic carbocycles. The summed E-state index contributed by atoms with van der Waals surface area (Å²) in [6.07, 6.45) is 0.731. The molecule has 0 radical (unpaired) electrons. The van der Waals surface area contributed by atoms with E-state index in [1.165, 1.54) is 24.3 Å². The molecule has 0 bridgehead atoms. The highest BCUT2D eigenvalue weighted by atomic mass is 16.3. The van der Waals surface area contributed by atoms with Crippen molar-refractivity contribution >= 4 is 28.5 Å². The Labute approximate surface area is 99.6 Å². The molecule has 1 heterocycles. The van der Waals surface area contributed by atoms with E-state index in [0.29, 0.717) is 16.6 Å². The van der Waals surface area contributed by atoms with Crippen molar-refractivity contribution in [3.05, 3.63) is 56.0 Å². The zero-order chi connectivity index (χ0) is 12.7. The number of benzene rings is 2. The first-order chi connectivity index (χ1) is 8.67. The number of aromatic nitrogens is 1. The summed E-state index contributed by atoms with van der Waals surface area (Å²) in [7, 11) is 0. The first kappa shape index (κ1) is 10.5. The zero-order valence-electron chi connectivity index (χ0n) is 9.08. The van der Waals surface area contributed by atoms with Crippen LogP contribution in [0, 0.1) is 0 Å². The highest BCUT2D eigenvalue weighted by molar-refractivity contribution is 5.82. The molecule has 0 amide bonds. The number of rotatable bonds is 0. The molecule has 0 aliphatic rings. The summed E-state index contributed by atoms with van der Waals surface area (Å²) in [5, 5.41) is 9.05. The molecular formula is C13H7NO4. The van der Waals surface area contributed by atoms with E-state index in [-0.39, 0.29) is 21.7 Å². The van der Waals surface area contributed by atoms with Crippen molar-refractivity contribution in [2.24, 2.45) is 0 Å². The van der Waals surface area contributed by atoms with Gasteiger partial charge in [0.2, 0.25) is 0 Å². The highest BCUT2D eigenvalue weighted by Crippen LogP contribution is 2.15. The quantitative estimate of drug-likeness (QED) is 0.586. The fourth-order valence-electron chi connectivity index (χ4n) is 1.75. The molecule has 0 spiro atoms. The normalized spacial score (nSPS) is 12.3. The Balaban J connectivity index is 2.53. The van der Waals surface area contributed by atoms with Crippen molar-refractivity contribution in [1.82, 2.24) is 4.98 Å². The van der Waals surface area contributed by atoms with Crippen LogP contribution in [0.2, 0.25) is 0 Å². The standard InChI is InChI=1S/C13H7NO4/c15-6-7-3-10-13(5-11(7)17)18-12-4-8(16)1-2-9(12)14-10/h1-6,15H. The van der Waals surface area contributed by atoms with Gasteiger partial charge in [-0.05, 0) is 18.2 Å². The van der Waals surface area contributed by atoms with Crippen LogP contribution in [0.5, 0.6) is 0 Å². The van der Waals surface area contributed by atoms with Crippen molar-refractivity contribution in [3.63, 3.8) is 0 Å². The second-order valence-electron chi connectivity index (χ2n) is 3.83. The van der Waals surface area contributed by atoms with Crippen molar-refractivity contribution in [2.75, 3.05) is 0 Å². The molecule has 1 aromatic heterocycles. The summed E-state index contributed by atoms with van der Waals surface area (Å²) in [4.78, 5) is 27.0. The molecule has 18 heavy (non-hydrogen) atoms. The Morgan fingerprint density at radius 3 is 2.61 bits per heavy atom. The Morgan fingerprint density at radius 2 is 1.83 bits per heavy atom. The van der Waals surface area contributed by atoms with E-state index < -0.39 is 0 Å². The van der Waals surface area contributed by atoms with Gasteiger partial charge in [0, 0.05) is 12.1 Å². The van der Waals surface area contributed by atoms with Gasteiger partial charge in [0.25, 0.3) is 0 Å². The first-order valence-electron chi connectivity index (χ1n) is 5.20. The van der Waals surface area contributed by atoms with Gasteiger partial charge in [-0.25, -0.2) is 4.98 Å². The van der Waals surface area contributed by atoms with Gasteiger partial charge in [-0.15, -0.1) is 0 Å². The van der Waals surface area contributed by atoms with E-state index in [0.717, 1.165) is 6.26 Å². The summed E-state index contributed by atoms with van der Waals surface area (Å²) in [5.41, 5.74) is 1.02. The lowest BCUT2D eigenvalue weighted by atomic mass is 10.2. The van der Waals surface area contributed by atoms with Crippen LogP contribution in [-0.4, -0.2) is 10.1 Å². The molecule has 0 atom stereocenters. The molecule has 88 valence electrons. The third-order valence-electron chi connectivity index (χ3n) is 2.62. The van der Waals surface area contributed by atoms with Crippen LogP contribution >= 0.6 is 0 Å². The van der Waals surface area contributed by atoms with Gasteiger partial charge in [-0.2, -0.15) is 0 Å². The molecule has 1 N–H and O–H groups in total. The van der Waals surface area contributed by atoms with Gasteiger partial charge in [0.05, 0.1) is 11.5 Å². The fraction of sp³-hybridized carbons (Fsp3) is 0. The Morgan fingerprint density at radius 1 is 1.06 bits per heavy atom. The smallest absolute Gasteiger partial charge is 0.192 e. The number of aliphatic hydroxyl groups is 1. The Bertz CT molecular complexity index is 927. The van der Waals surface area contributed by atoms with E-state index in [4.69, 9.17) is 9.52 Å². The predicted molar refractivity (Wildman–Crippen MR) is 66.4 cm³/mol. The molecule has 0 unspecified atom stereocenters. The number of hydrogen-bond donors (Lipinski definition) is 1. The topological polar surface area (TPSA) is 80.4 Å². The average molecular weight is 241 g/mol. The van der Waals surface area contributed by atoms with E-state index in [1.54, 1.807) is 6.07 Å². The van der Waals surface area contributed by atoms with Crippen LogP contribution in [0.25, 0.3) is 28.5 Å². The molecule has 0 aliphatic heterocycles. The summed E-state index contributed by atoms with van der Waals surface area (Å²) in [6.45, 7) is 0. The second kappa shape index (κ2) is 3.66. The molecule has 5 nitrogen and oxygen atoms in total. The maximum atomic E-state index is 11.5. The van der Waals surface area contributed by atoms with Crippen LogP contribution in [0.1, 0.15) is 0 Å². The maximum Gasteiger partial charge on any atom is 0.192 e. The third kappa shape index (κ3) is 1.53. The average Bonchev–Trinajstić information content (AvgIpc) is 2.35. The predicted octanol–water partition coefficient (Wildman–Crippen LogP) is 0.716. The molecule has 0 saturated heterocycles. The number of aliphatic hydroxyl groups excluding tert-OH is 1. The Kier molecular flexibility index (Phi) is 2.13. The summed E-state index contributed by atoms with van der Waals surface area (Å²) >= 11 is 0. The van der Waals surface area contributed by atoms with Crippen LogP contribution in [0.4, 0.5) is 0 Å². The minimum atomic E-state index is -0.367. The lowest BCUT2D eigenvalue weighted by molar-refractivity contribution is 0.540. The van der Waals surface area contributed by atoms with Crippen LogP contribution in [0.15, 0.2) is 44.3 Å². The minimum Gasteiger partial charge on any atom is -0.515 e. The number of fused-ring (bicyclic) bond motifs is 2. The van der Waals surface area contributed by atoms with E-state index in [9.17, 15) is 9.59 Å². The van der Waals surface area contributed by atoms with Gasteiger partial charge < -0.3 is 9.52 Å². The van der Waals surface area contributed by atoms with Gasteiger partial charge >= 0.3 is 0 Å². The van der Waals surface area contributed by atoms with Crippen molar-refractivity contribution < 1.29 is 9.52 Å². The summed E-state index contributed by atoms with van der Waals surface area (Å²) in [5.74, 6) is 0. The fourth-order valence-corrected chi connectivity index (χ4v) is 1.75. The number of hydrogen-bond acceptors (Lipinski definition) is 5. The lowest BCUT2D eigenvalue weighted by Gasteiger charge is -1.99. The third-order valence-corrected chi connectivity index (χ3v) is 2.62. The Hall–Kier alpha value is -2.69. The number of nitrogens with zero attached hydrogens (tertiary/aromatic N) is 1. The second-order valence-corrected chi connectivity index (χ2v) is 3.83. The van der Waals surface area contributed by atoms with Gasteiger partial charge in [0.1, 0.15) is 11.0 Å². The molecule has 0 fully saturated rings. The molecular weight excluding hydrogens is 234 g/mol. The van der Waals surface area contributed by atoms with Crippen molar-refractivity contribution in [1.29, 1.82) is 0 Å². The van der Waals surface area contributed by atoms with Crippen LogP contribution in [0.3, 0.4) is 0 Å². The maximum absolute atomic E-state index is 11.5. The molecule has 5 heteroatoms. The monoisotopic (exact) mass is 241 g/mol. The largest absolute Gasteiger partial charge is 0.515 e. The summed E-state index contributed by atoms with van der Waals surface area (Å²) in [6, 6.07) is 6.93. The first-order valence-corrected chi connectivity index (χ1v) is 5.20. The molecule has 2 aromatic carbocycles. The van der Waals surface area contributed by atoms with Gasteiger partial charge in [0.15, 0.2) is 22.0 Å². The zero-order valence-corrected chi connectivity index (χ0v) is 9.08. The van der Waals surface area contributed by atoms with Crippen molar-refractivity contribution in [2.45, 2.75) is 0 Å². The van der Waals surface area contributed by atoms with Gasteiger partial charge in [-0.3, -0.25) is 9.59 Å². The molecule has 0 saturated carbocycles. The highest BCUT2D eigenvalue weighted by Gasteiger charge is 2.04. The summed E-state index contributed by atoms with van der Waals surface area (Å²) < 4.78 is 5.45. The van der Waals surface area contributed by atoms with Crippen LogP contribution < -0.4 is 16.1 Å². The van der Waals surface area contributed by atoms with Crippen LogP contribution in [-0.2, 0) is 0 Å². The van der Waals surface area contributed by atoms with E-state index in [1.807, 2.05) is 0 Å². The van der Waals surface area contributed by atoms with E-state index >= 15 is 0 Å². The van der Waals surface area contributed by atoms with Gasteiger partial charge in [-0.1, -0.05) is 0 Å². The molecule has 3 aromatic rings. The van der Waals surface area contributed by atoms with E-state index in [2.05, 4.69) is 4.98 Å². The SMILES string of the molecule is O=c1ccc2nc3cc(=CO)c(=O)cc3oc2c1. The lowest BCUT2D eigenvalue weighted by Crippen LogP contribution is -2.22. The van der Waals surface area contributed by atoms with Crippen molar-refractivity contribution in [3.8, 4) is 0 Å². The minimum absolute atomic E-state index is 0.144.